The van der Waals surface area contributed by atoms with Gasteiger partial charge in [0.15, 0.2) is 5.82 Å². The number of nitrogens with two attached hydrogens (primary N) is 1. The average Bonchev–Trinajstić information content (AvgIpc) is 3.19. The summed E-state index contributed by atoms with van der Waals surface area (Å²) in [5, 5.41) is 8.37. The van der Waals surface area contributed by atoms with E-state index < -0.39 is 0 Å². The van der Waals surface area contributed by atoms with Crippen molar-refractivity contribution in [3.8, 4) is 5.82 Å². The third kappa shape index (κ3) is 4.37. The van der Waals surface area contributed by atoms with Gasteiger partial charge in [0.2, 0.25) is 0 Å². The van der Waals surface area contributed by atoms with Gasteiger partial charge in [0, 0.05) is 37.9 Å². The number of methoxy groups -OCH3 is 1. The normalized spacial score (nSPS) is 12.1. The Kier molecular flexibility index (Phi) is 6.38. The van der Waals surface area contributed by atoms with Gasteiger partial charge in [-0.3, -0.25) is 4.79 Å². The highest BCUT2D eigenvalue weighted by molar-refractivity contribution is 9.10. The minimum atomic E-state index is -0.237. The number of ketones is 1. The Morgan fingerprint density at radius 2 is 2.00 bits per heavy atom. The number of carbonyl (C=O) groups excluding carboxylic acids is 1. The number of Topliss-reactive ketones (excluding diaryl/α,β-unsaturated/α-hetero) is 1. The molecule has 3 aromatic heterocycles. The Morgan fingerprint density at radius 3 is 2.64 bits per heavy atom. The van der Waals surface area contributed by atoms with Gasteiger partial charge in [-0.05, 0) is 40.0 Å². The first-order chi connectivity index (χ1) is 13.4. The number of halogens is 2. The van der Waals surface area contributed by atoms with E-state index in [9.17, 15) is 4.79 Å². The molecule has 28 heavy (non-hydrogen) atoms. The molecule has 146 valence electrons. The quantitative estimate of drug-likeness (QED) is 0.571. The highest BCUT2D eigenvalue weighted by Gasteiger charge is 2.19. The number of pyridine rings is 2. The zero-order valence-electron chi connectivity index (χ0n) is 15.3. The van der Waals surface area contributed by atoms with Crippen LogP contribution in [0.4, 0.5) is 5.82 Å². The Bertz CT molecular complexity index is 996. The second kappa shape index (κ2) is 8.76. The zero-order valence-corrected chi connectivity index (χ0v) is 17.6. The van der Waals surface area contributed by atoms with Gasteiger partial charge in [-0.1, -0.05) is 11.6 Å². The minimum Gasteiger partial charge on any atom is -0.383 e. The number of ether oxygens (including phenoxy) is 1. The van der Waals surface area contributed by atoms with Crippen LogP contribution >= 0.6 is 27.5 Å². The lowest BCUT2D eigenvalue weighted by Crippen LogP contribution is -2.13. The molecule has 10 heteroatoms. The Labute approximate surface area is 175 Å². The van der Waals surface area contributed by atoms with E-state index in [0.29, 0.717) is 26.7 Å². The summed E-state index contributed by atoms with van der Waals surface area (Å²) in [6.07, 6.45) is 6.41. The van der Waals surface area contributed by atoms with Gasteiger partial charge in [-0.15, -0.1) is 4.80 Å². The predicted molar refractivity (Wildman–Crippen MR) is 108 cm³/mol. The van der Waals surface area contributed by atoms with Gasteiger partial charge in [0.05, 0.1) is 28.0 Å². The standard InChI is InChI=1S/C18H18BrClN6O2/c1-10(28-2)15-12(9-22-17(21)16(15)19)7-13(27)5-11-6-14(20)18(23-8-11)26-24-3-4-25-26/h3-4,6,8-10H,5,7H2,1-2H3,(H2,21,22)/t10-/m0/s1. The van der Waals surface area contributed by atoms with Crippen molar-refractivity contribution in [3.63, 3.8) is 0 Å². The molecule has 0 fully saturated rings. The summed E-state index contributed by atoms with van der Waals surface area (Å²) in [5.41, 5.74) is 8.16. The zero-order chi connectivity index (χ0) is 20.3. The molecule has 2 N–H and O–H groups in total. The number of aromatic nitrogens is 5. The van der Waals surface area contributed by atoms with Crippen LogP contribution in [0.3, 0.4) is 0 Å². The molecule has 0 spiro atoms. The number of nitrogen functional groups attached to an aromatic ring is 1. The van der Waals surface area contributed by atoms with E-state index in [0.717, 1.165) is 11.1 Å². The summed E-state index contributed by atoms with van der Waals surface area (Å²) in [6, 6.07) is 1.70. The second-order valence-corrected chi connectivity index (χ2v) is 7.33. The van der Waals surface area contributed by atoms with Crippen molar-refractivity contribution in [2.45, 2.75) is 25.9 Å². The molecule has 0 aliphatic carbocycles. The molecular formula is C18H18BrClN6O2. The topological polar surface area (TPSA) is 109 Å². The molecule has 0 amide bonds. The molecule has 1 atom stereocenters. The van der Waals surface area contributed by atoms with Crippen LogP contribution < -0.4 is 5.73 Å². The first kappa shape index (κ1) is 20.4. The number of carbonyl (C=O) groups is 1. The maximum atomic E-state index is 12.7. The van der Waals surface area contributed by atoms with Crippen LogP contribution in [0, 0.1) is 0 Å². The van der Waals surface area contributed by atoms with Crippen LogP contribution in [0.5, 0.6) is 0 Å². The number of hydrogen-bond donors (Lipinski definition) is 1. The van der Waals surface area contributed by atoms with E-state index in [1.54, 1.807) is 25.6 Å². The van der Waals surface area contributed by atoms with Crippen molar-refractivity contribution < 1.29 is 9.53 Å². The first-order valence-electron chi connectivity index (χ1n) is 8.39. The summed E-state index contributed by atoms with van der Waals surface area (Å²) in [7, 11) is 1.60. The minimum absolute atomic E-state index is 0.00847. The molecule has 0 aliphatic heterocycles. The van der Waals surface area contributed by atoms with Gasteiger partial charge in [0.1, 0.15) is 11.6 Å². The van der Waals surface area contributed by atoms with Crippen molar-refractivity contribution in [2.24, 2.45) is 0 Å². The van der Waals surface area contributed by atoms with Crippen LogP contribution in [0.2, 0.25) is 5.02 Å². The molecule has 0 saturated heterocycles. The Hall–Kier alpha value is -2.36. The largest absolute Gasteiger partial charge is 0.383 e. The molecule has 0 bridgehead atoms. The maximum absolute atomic E-state index is 12.7. The van der Waals surface area contributed by atoms with E-state index in [1.165, 1.54) is 17.2 Å². The molecule has 0 aromatic carbocycles. The van der Waals surface area contributed by atoms with Crippen molar-refractivity contribution >= 4 is 39.1 Å². The molecule has 8 nitrogen and oxygen atoms in total. The van der Waals surface area contributed by atoms with Crippen molar-refractivity contribution in [3.05, 3.63) is 57.0 Å². The van der Waals surface area contributed by atoms with E-state index in [2.05, 4.69) is 36.1 Å². The van der Waals surface area contributed by atoms with Crippen LogP contribution in [0.15, 0.2) is 35.3 Å². The average molecular weight is 466 g/mol. The molecule has 0 saturated carbocycles. The van der Waals surface area contributed by atoms with Crippen LogP contribution in [0.25, 0.3) is 5.82 Å². The predicted octanol–water partition coefficient (Wildman–Crippen LogP) is 3.12. The summed E-state index contributed by atoms with van der Waals surface area (Å²) >= 11 is 9.71. The summed E-state index contributed by atoms with van der Waals surface area (Å²) in [5.74, 6) is 0.755. The lowest BCUT2D eigenvalue weighted by molar-refractivity contribution is -0.117. The smallest absolute Gasteiger partial charge is 0.193 e. The molecule has 0 unspecified atom stereocenters. The van der Waals surface area contributed by atoms with Gasteiger partial charge in [-0.25, -0.2) is 9.97 Å². The summed E-state index contributed by atoms with van der Waals surface area (Å²) < 4.78 is 6.06. The van der Waals surface area contributed by atoms with E-state index in [4.69, 9.17) is 22.1 Å². The van der Waals surface area contributed by atoms with Gasteiger partial charge < -0.3 is 10.5 Å². The van der Waals surface area contributed by atoms with Crippen molar-refractivity contribution in [1.82, 2.24) is 25.0 Å². The van der Waals surface area contributed by atoms with Gasteiger partial charge >= 0.3 is 0 Å². The van der Waals surface area contributed by atoms with E-state index in [-0.39, 0.29) is 24.7 Å². The fourth-order valence-corrected chi connectivity index (χ4v) is 3.74. The van der Waals surface area contributed by atoms with Crippen LogP contribution in [0.1, 0.15) is 29.7 Å². The highest BCUT2D eigenvalue weighted by atomic mass is 79.9. The molecule has 3 rings (SSSR count). The third-order valence-electron chi connectivity index (χ3n) is 4.20. The number of rotatable bonds is 7. The fraction of sp³-hybridized carbons (Fsp3) is 0.278. The molecule has 3 heterocycles. The lowest BCUT2D eigenvalue weighted by atomic mass is 9.98. The molecule has 3 aromatic rings. The van der Waals surface area contributed by atoms with Crippen LogP contribution in [-0.4, -0.2) is 37.9 Å². The monoisotopic (exact) mass is 464 g/mol. The molecule has 0 aliphatic rings. The first-order valence-corrected chi connectivity index (χ1v) is 9.56. The van der Waals surface area contributed by atoms with Crippen molar-refractivity contribution in [2.75, 3.05) is 12.8 Å². The second-order valence-electron chi connectivity index (χ2n) is 6.13. The number of hydrogen-bond acceptors (Lipinski definition) is 7. The van der Waals surface area contributed by atoms with Crippen LogP contribution in [-0.2, 0) is 22.4 Å². The molecular weight excluding hydrogens is 448 g/mol. The van der Waals surface area contributed by atoms with Gasteiger partial charge in [0.25, 0.3) is 0 Å². The highest BCUT2D eigenvalue weighted by Crippen LogP contribution is 2.32. The van der Waals surface area contributed by atoms with E-state index >= 15 is 0 Å². The lowest BCUT2D eigenvalue weighted by Gasteiger charge is -2.17. The number of anilines is 1. The van der Waals surface area contributed by atoms with E-state index in [1.807, 2.05) is 6.92 Å². The summed E-state index contributed by atoms with van der Waals surface area (Å²) in [4.78, 5) is 22.4. The number of nitrogens with zero attached hydrogens (tertiary/aromatic N) is 5. The SMILES string of the molecule is CO[C@@H](C)c1c(CC(=O)Cc2cnc(-n3nccn3)c(Cl)c2)cnc(N)c1Br. The van der Waals surface area contributed by atoms with Crippen molar-refractivity contribution in [1.29, 1.82) is 0 Å². The van der Waals surface area contributed by atoms with Gasteiger partial charge in [-0.2, -0.15) is 10.2 Å². The molecule has 0 radical (unpaired) electrons. The Morgan fingerprint density at radius 1 is 1.29 bits per heavy atom. The summed E-state index contributed by atoms with van der Waals surface area (Å²) in [6.45, 7) is 1.89. The Balaban J connectivity index is 1.78. The third-order valence-corrected chi connectivity index (χ3v) is 5.31. The fourth-order valence-electron chi connectivity index (χ4n) is 2.79. The maximum Gasteiger partial charge on any atom is 0.193 e.